The minimum atomic E-state index is -0.123. The Bertz CT molecular complexity index is 502. The number of furan rings is 1. The van der Waals surface area contributed by atoms with E-state index in [-0.39, 0.29) is 23.5 Å². The molecule has 1 saturated heterocycles. The van der Waals surface area contributed by atoms with Gasteiger partial charge in [0.2, 0.25) is 11.8 Å². The number of carbonyl (C=O) groups is 2. The molecule has 1 atom stereocenters. The van der Waals surface area contributed by atoms with Crippen molar-refractivity contribution >= 4 is 40.1 Å². The number of hydrogen-bond donors (Lipinski definition) is 1. The summed E-state index contributed by atoms with van der Waals surface area (Å²) in [6.07, 6.45) is 2.55. The normalized spacial score (nSPS) is 18.6. The van der Waals surface area contributed by atoms with Crippen LogP contribution >= 0.6 is 24.0 Å². The van der Waals surface area contributed by atoms with Gasteiger partial charge in [0.1, 0.15) is 10.1 Å². The van der Waals surface area contributed by atoms with E-state index in [1.54, 1.807) is 18.4 Å². The van der Waals surface area contributed by atoms with Gasteiger partial charge in [-0.3, -0.25) is 14.5 Å². The lowest BCUT2D eigenvalue weighted by Crippen LogP contribution is -2.35. The molecule has 0 aromatic carbocycles. The van der Waals surface area contributed by atoms with Crippen LogP contribution in [0.2, 0.25) is 0 Å². The van der Waals surface area contributed by atoms with Gasteiger partial charge in [0.15, 0.2) is 0 Å². The molecule has 1 N–H and O–H groups in total. The Morgan fingerprint density at radius 3 is 3.00 bits per heavy atom. The van der Waals surface area contributed by atoms with Gasteiger partial charge in [0.05, 0.1) is 18.1 Å². The van der Waals surface area contributed by atoms with Gasteiger partial charge in [-0.1, -0.05) is 30.9 Å². The second-order valence-electron chi connectivity index (χ2n) is 4.38. The van der Waals surface area contributed by atoms with Crippen molar-refractivity contribution in [3.63, 3.8) is 0 Å². The van der Waals surface area contributed by atoms with Crippen LogP contribution in [0.5, 0.6) is 0 Å². The van der Waals surface area contributed by atoms with E-state index in [4.69, 9.17) is 16.6 Å². The van der Waals surface area contributed by atoms with Gasteiger partial charge in [0, 0.05) is 13.0 Å². The van der Waals surface area contributed by atoms with Crippen molar-refractivity contribution in [2.24, 2.45) is 0 Å². The van der Waals surface area contributed by atoms with E-state index in [9.17, 15) is 9.59 Å². The molecule has 1 fully saturated rings. The lowest BCUT2D eigenvalue weighted by molar-refractivity contribution is -0.127. The van der Waals surface area contributed by atoms with Crippen LogP contribution in [-0.4, -0.2) is 32.8 Å². The van der Waals surface area contributed by atoms with Crippen LogP contribution in [0.4, 0.5) is 0 Å². The predicted octanol–water partition coefficient (Wildman–Crippen LogP) is 1.92. The van der Waals surface area contributed by atoms with Crippen molar-refractivity contribution in [3.05, 3.63) is 24.2 Å². The van der Waals surface area contributed by atoms with Crippen molar-refractivity contribution in [1.82, 2.24) is 10.2 Å². The highest BCUT2D eigenvalue weighted by molar-refractivity contribution is 8.24. The number of hydrogen-bond acceptors (Lipinski definition) is 5. The average molecular weight is 312 g/mol. The molecule has 2 rings (SSSR count). The third kappa shape index (κ3) is 3.61. The smallest absolute Gasteiger partial charge is 0.241 e. The quantitative estimate of drug-likeness (QED) is 0.813. The van der Waals surface area contributed by atoms with Crippen molar-refractivity contribution in [3.8, 4) is 0 Å². The summed E-state index contributed by atoms with van der Waals surface area (Å²) in [4.78, 5) is 25.2. The van der Waals surface area contributed by atoms with Crippen LogP contribution in [0.3, 0.4) is 0 Å². The van der Waals surface area contributed by atoms with Crippen molar-refractivity contribution in [2.45, 2.75) is 31.6 Å². The number of rotatable bonds is 6. The Balaban J connectivity index is 1.76. The van der Waals surface area contributed by atoms with E-state index >= 15 is 0 Å². The van der Waals surface area contributed by atoms with Crippen molar-refractivity contribution in [1.29, 1.82) is 0 Å². The molecule has 7 heteroatoms. The highest BCUT2D eigenvalue weighted by atomic mass is 32.2. The number of thiocarbonyl (C=S) groups is 1. The summed E-state index contributed by atoms with van der Waals surface area (Å²) in [5.74, 6) is 0.594. The fraction of sp³-hybridized carbons (Fsp3) is 0.462. The first-order valence-electron chi connectivity index (χ1n) is 6.43. The molecule has 1 aliphatic heterocycles. The Morgan fingerprint density at radius 2 is 2.40 bits per heavy atom. The molecular formula is C13H16N2O3S2. The maximum Gasteiger partial charge on any atom is 0.241 e. The first kappa shape index (κ1) is 15.1. The van der Waals surface area contributed by atoms with Gasteiger partial charge >= 0.3 is 0 Å². The molecular weight excluding hydrogens is 296 g/mol. The van der Waals surface area contributed by atoms with Gasteiger partial charge in [-0.2, -0.15) is 0 Å². The topological polar surface area (TPSA) is 62.6 Å². The SMILES string of the molecule is CCC1SC(=S)N(CCC(=O)NCc2ccco2)C1=O. The summed E-state index contributed by atoms with van der Waals surface area (Å²) in [7, 11) is 0. The van der Waals surface area contributed by atoms with Crippen molar-refractivity contribution < 1.29 is 14.0 Å². The lowest BCUT2D eigenvalue weighted by atomic mass is 10.3. The summed E-state index contributed by atoms with van der Waals surface area (Å²) in [6, 6.07) is 3.56. The predicted molar refractivity (Wildman–Crippen MR) is 81.2 cm³/mol. The van der Waals surface area contributed by atoms with Gasteiger partial charge in [-0.05, 0) is 18.6 Å². The molecule has 2 heterocycles. The van der Waals surface area contributed by atoms with Gasteiger partial charge < -0.3 is 9.73 Å². The minimum Gasteiger partial charge on any atom is -0.467 e. The molecule has 0 spiro atoms. The molecule has 2 amide bonds. The maximum absolute atomic E-state index is 12.0. The highest BCUT2D eigenvalue weighted by Crippen LogP contribution is 2.29. The molecule has 1 aromatic heterocycles. The van der Waals surface area contributed by atoms with E-state index in [1.165, 1.54) is 16.7 Å². The number of thioether (sulfide) groups is 1. The van der Waals surface area contributed by atoms with Crippen LogP contribution in [0, 0.1) is 0 Å². The second kappa shape index (κ2) is 6.90. The summed E-state index contributed by atoms with van der Waals surface area (Å²) in [5, 5.41) is 2.65. The first-order valence-corrected chi connectivity index (χ1v) is 7.71. The summed E-state index contributed by atoms with van der Waals surface area (Å²) in [6.45, 7) is 2.65. The number of amides is 2. The van der Waals surface area contributed by atoms with Crippen LogP contribution in [0.25, 0.3) is 0 Å². The van der Waals surface area contributed by atoms with E-state index < -0.39 is 0 Å². The standard InChI is InChI=1S/C13H16N2O3S2/c1-2-10-12(17)15(13(19)20-10)6-5-11(16)14-8-9-4-3-7-18-9/h3-4,7,10H,2,5-6,8H2,1H3,(H,14,16). The van der Waals surface area contributed by atoms with Crippen LogP contribution in [0.1, 0.15) is 25.5 Å². The highest BCUT2D eigenvalue weighted by Gasteiger charge is 2.35. The first-order chi connectivity index (χ1) is 9.61. The Morgan fingerprint density at radius 1 is 1.60 bits per heavy atom. The zero-order valence-corrected chi connectivity index (χ0v) is 12.8. The molecule has 0 bridgehead atoms. The molecule has 1 aliphatic rings. The third-order valence-corrected chi connectivity index (χ3v) is 4.73. The summed E-state index contributed by atoms with van der Waals surface area (Å²) >= 11 is 6.57. The second-order valence-corrected chi connectivity index (χ2v) is 6.21. The Labute approximate surface area is 127 Å². The van der Waals surface area contributed by atoms with E-state index in [0.717, 1.165) is 6.42 Å². The monoisotopic (exact) mass is 312 g/mol. The molecule has 1 unspecified atom stereocenters. The van der Waals surface area contributed by atoms with Crippen LogP contribution < -0.4 is 5.32 Å². The molecule has 5 nitrogen and oxygen atoms in total. The minimum absolute atomic E-state index is 0.0151. The fourth-order valence-electron chi connectivity index (χ4n) is 1.86. The van der Waals surface area contributed by atoms with Gasteiger partial charge in [-0.15, -0.1) is 0 Å². The van der Waals surface area contributed by atoms with E-state index in [2.05, 4.69) is 5.32 Å². The third-order valence-electron chi connectivity index (χ3n) is 2.98. The molecule has 0 radical (unpaired) electrons. The molecule has 0 aliphatic carbocycles. The Kier molecular flexibility index (Phi) is 5.19. The van der Waals surface area contributed by atoms with Crippen LogP contribution in [-0.2, 0) is 16.1 Å². The molecule has 20 heavy (non-hydrogen) atoms. The maximum atomic E-state index is 12.0. The van der Waals surface area contributed by atoms with E-state index in [1.807, 2.05) is 6.92 Å². The summed E-state index contributed by atoms with van der Waals surface area (Å²) in [5.41, 5.74) is 0. The van der Waals surface area contributed by atoms with Gasteiger partial charge in [-0.25, -0.2) is 0 Å². The largest absolute Gasteiger partial charge is 0.467 e. The van der Waals surface area contributed by atoms with Crippen molar-refractivity contribution in [2.75, 3.05) is 6.54 Å². The fourth-order valence-corrected chi connectivity index (χ4v) is 3.34. The zero-order valence-electron chi connectivity index (χ0n) is 11.1. The van der Waals surface area contributed by atoms with E-state index in [0.29, 0.717) is 23.2 Å². The van der Waals surface area contributed by atoms with Gasteiger partial charge in [0.25, 0.3) is 0 Å². The molecule has 0 saturated carbocycles. The molecule has 108 valence electrons. The lowest BCUT2D eigenvalue weighted by Gasteiger charge is -2.14. The number of nitrogens with zero attached hydrogens (tertiary/aromatic N) is 1. The average Bonchev–Trinajstić information content (AvgIpc) is 3.03. The summed E-state index contributed by atoms with van der Waals surface area (Å²) < 4.78 is 5.69. The molecule has 1 aromatic rings. The van der Waals surface area contributed by atoms with Crippen LogP contribution in [0.15, 0.2) is 22.8 Å². The Hall–Kier alpha value is -1.34. The zero-order chi connectivity index (χ0) is 14.5. The number of carbonyl (C=O) groups excluding carboxylic acids is 2. The number of nitrogens with one attached hydrogen (secondary N) is 1.